The van der Waals surface area contributed by atoms with Gasteiger partial charge in [-0.05, 0) is 40.6 Å². The van der Waals surface area contributed by atoms with Crippen LogP contribution in [0.1, 0.15) is 13.8 Å². The number of hydrogen-bond donors (Lipinski definition) is 0. The Bertz CT molecular complexity index is 334. The minimum Gasteiger partial charge on any atom is -0.303 e. The first-order chi connectivity index (χ1) is 7.67. The maximum atomic E-state index is 5.75. The van der Waals surface area contributed by atoms with Crippen molar-refractivity contribution >= 4 is 39.3 Å². The van der Waals surface area contributed by atoms with E-state index in [2.05, 4.69) is 44.6 Å². The van der Waals surface area contributed by atoms with Crippen LogP contribution in [-0.4, -0.2) is 40.3 Å². The topological polar surface area (TPSA) is 29.0 Å². The van der Waals surface area contributed by atoms with Gasteiger partial charge in [0, 0.05) is 18.5 Å². The van der Waals surface area contributed by atoms with Crippen molar-refractivity contribution in [3.05, 3.63) is 16.0 Å². The molecule has 0 fully saturated rings. The van der Waals surface area contributed by atoms with E-state index >= 15 is 0 Å². The van der Waals surface area contributed by atoms with Crippen molar-refractivity contribution in [1.29, 1.82) is 0 Å². The van der Waals surface area contributed by atoms with E-state index in [0.29, 0.717) is 5.28 Å². The highest BCUT2D eigenvalue weighted by Crippen LogP contribution is 2.25. The number of thioether (sulfide) groups is 1. The van der Waals surface area contributed by atoms with Crippen molar-refractivity contribution in [1.82, 2.24) is 14.9 Å². The normalized spacial score (nSPS) is 11.1. The molecule has 0 atom stereocenters. The molecule has 6 heteroatoms. The van der Waals surface area contributed by atoms with Crippen LogP contribution in [0.5, 0.6) is 0 Å². The highest BCUT2D eigenvalue weighted by Gasteiger charge is 2.05. The Morgan fingerprint density at radius 3 is 2.75 bits per heavy atom. The van der Waals surface area contributed by atoms with E-state index in [0.717, 1.165) is 34.9 Å². The van der Waals surface area contributed by atoms with E-state index in [4.69, 9.17) is 11.6 Å². The van der Waals surface area contributed by atoms with E-state index < -0.39 is 0 Å². The van der Waals surface area contributed by atoms with Gasteiger partial charge in [-0.2, -0.15) is 0 Å². The van der Waals surface area contributed by atoms with Gasteiger partial charge >= 0.3 is 0 Å². The van der Waals surface area contributed by atoms with Crippen molar-refractivity contribution in [3.63, 3.8) is 0 Å². The maximum Gasteiger partial charge on any atom is 0.223 e. The fourth-order valence-electron chi connectivity index (χ4n) is 1.24. The van der Waals surface area contributed by atoms with Crippen LogP contribution >= 0.6 is 39.3 Å². The predicted octanol–water partition coefficient (Wildman–Crippen LogP) is 3.33. The molecule has 0 bridgehead atoms. The molecule has 0 N–H and O–H groups in total. The lowest BCUT2D eigenvalue weighted by atomic mass is 10.5. The molecule has 1 aromatic rings. The molecule has 0 aliphatic heterocycles. The molecule has 16 heavy (non-hydrogen) atoms. The van der Waals surface area contributed by atoms with Crippen LogP contribution < -0.4 is 0 Å². The van der Waals surface area contributed by atoms with Gasteiger partial charge in [0.1, 0.15) is 5.03 Å². The standard InChI is InChI=1S/C10H15BrClN3S/c1-3-15(4-2)5-6-16-9-8(11)7-13-10(12)14-9/h7H,3-6H2,1-2H3. The lowest BCUT2D eigenvalue weighted by molar-refractivity contribution is 0.324. The van der Waals surface area contributed by atoms with Crippen molar-refractivity contribution in [2.24, 2.45) is 0 Å². The van der Waals surface area contributed by atoms with E-state index in [1.165, 1.54) is 0 Å². The van der Waals surface area contributed by atoms with Crippen LogP contribution in [0.4, 0.5) is 0 Å². The van der Waals surface area contributed by atoms with Crippen LogP contribution in [0, 0.1) is 0 Å². The first-order valence-corrected chi connectivity index (χ1v) is 7.36. The van der Waals surface area contributed by atoms with E-state index in [1.807, 2.05) is 0 Å². The third kappa shape index (κ3) is 4.57. The van der Waals surface area contributed by atoms with Gasteiger partial charge in [-0.3, -0.25) is 0 Å². The number of nitrogens with zero attached hydrogens (tertiary/aromatic N) is 3. The summed E-state index contributed by atoms with van der Waals surface area (Å²) < 4.78 is 0.904. The van der Waals surface area contributed by atoms with Crippen LogP contribution in [-0.2, 0) is 0 Å². The molecule has 3 nitrogen and oxygen atoms in total. The minimum absolute atomic E-state index is 0.300. The third-order valence-electron chi connectivity index (χ3n) is 2.22. The molecular weight excluding hydrogens is 310 g/mol. The summed E-state index contributed by atoms with van der Waals surface area (Å²) in [7, 11) is 0. The van der Waals surface area contributed by atoms with Crippen LogP contribution in [0.3, 0.4) is 0 Å². The molecule has 0 aromatic carbocycles. The van der Waals surface area contributed by atoms with Crippen molar-refractivity contribution < 1.29 is 0 Å². The third-order valence-corrected chi connectivity index (χ3v) is 4.22. The number of aromatic nitrogens is 2. The SMILES string of the molecule is CCN(CC)CCSc1nc(Cl)ncc1Br. The second-order valence-corrected chi connectivity index (χ2v) is 5.44. The Morgan fingerprint density at radius 1 is 1.44 bits per heavy atom. The van der Waals surface area contributed by atoms with E-state index in [1.54, 1.807) is 18.0 Å². The molecule has 90 valence electrons. The number of hydrogen-bond acceptors (Lipinski definition) is 4. The van der Waals surface area contributed by atoms with Gasteiger partial charge in [0.2, 0.25) is 5.28 Å². The summed E-state index contributed by atoms with van der Waals surface area (Å²) >= 11 is 10.9. The summed E-state index contributed by atoms with van der Waals surface area (Å²) in [5.41, 5.74) is 0. The van der Waals surface area contributed by atoms with Gasteiger partial charge in [-0.15, -0.1) is 11.8 Å². The highest BCUT2D eigenvalue weighted by atomic mass is 79.9. The summed E-state index contributed by atoms with van der Waals surface area (Å²) in [5.74, 6) is 1.01. The molecule has 0 aliphatic carbocycles. The second-order valence-electron chi connectivity index (χ2n) is 3.17. The molecule has 0 saturated carbocycles. The average molecular weight is 325 g/mol. The highest BCUT2D eigenvalue weighted by molar-refractivity contribution is 9.10. The molecule has 1 heterocycles. The van der Waals surface area contributed by atoms with Gasteiger partial charge in [0.05, 0.1) is 4.47 Å². The summed E-state index contributed by atoms with van der Waals surface area (Å²) in [4.78, 5) is 10.5. The zero-order valence-electron chi connectivity index (χ0n) is 9.41. The molecule has 1 rings (SSSR count). The van der Waals surface area contributed by atoms with Gasteiger partial charge in [0.25, 0.3) is 0 Å². The van der Waals surface area contributed by atoms with Gasteiger partial charge < -0.3 is 4.90 Å². The van der Waals surface area contributed by atoms with Crippen molar-refractivity contribution in [2.45, 2.75) is 18.9 Å². The first-order valence-electron chi connectivity index (χ1n) is 5.20. The monoisotopic (exact) mass is 323 g/mol. The molecular formula is C10H15BrClN3S. The molecule has 0 spiro atoms. The zero-order valence-corrected chi connectivity index (χ0v) is 12.6. The Kier molecular flexibility index (Phi) is 6.65. The second kappa shape index (κ2) is 7.48. The Balaban J connectivity index is 2.45. The molecule has 0 saturated heterocycles. The van der Waals surface area contributed by atoms with Gasteiger partial charge in [-0.1, -0.05) is 13.8 Å². The summed E-state index contributed by atoms with van der Waals surface area (Å²) in [6.07, 6.45) is 1.69. The van der Waals surface area contributed by atoms with E-state index in [9.17, 15) is 0 Å². The van der Waals surface area contributed by atoms with E-state index in [-0.39, 0.29) is 0 Å². The predicted molar refractivity (Wildman–Crippen MR) is 73.3 cm³/mol. The largest absolute Gasteiger partial charge is 0.303 e. The van der Waals surface area contributed by atoms with Gasteiger partial charge in [0.15, 0.2) is 0 Å². The van der Waals surface area contributed by atoms with Crippen LogP contribution in [0.2, 0.25) is 5.28 Å². The molecule has 0 amide bonds. The Morgan fingerprint density at radius 2 is 2.12 bits per heavy atom. The van der Waals surface area contributed by atoms with Crippen molar-refractivity contribution in [3.8, 4) is 0 Å². The molecule has 1 aromatic heterocycles. The minimum atomic E-state index is 0.300. The Labute approximate surface area is 114 Å². The smallest absolute Gasteiger partial charge is 0.223 e. The maximum absolute atomic E-state index is 5.75. The number of halogens is 2. The average Bonchev–Trinajstić information content (AvgIpc) is 2.29. The fourth-order valence-corrected chi connectivity index (χ4v) is 2.85. The van der Waals surface area contributed by atoms with Crippen LogP contribution in [0.25, 0.3) is 0 Å². The summed E-state index contributed by atoms with van der Waals surface area (Å²) in [6, 6.07) is 0. The quantitative estimate of drug-likeness (QED) is 0.456. The lowest BCUT2D eigenvalue weighted by Gasteiger charge is -2.17. The fraction of sp³-hybridized carbons (Fsp3) is 0.600. The summed E-state index contributed by atoms with van der Waals surface area (Å²) in [6.45, 7) is 7.58. The molecule has 0 aliphatic rings. The molecule has 0 radical (unpaired) electrons. The van der Waals surface area contributed by atoms with Gasteiger partial charge in [-0.25, -0.2) is 9.97 Å². The Hall–Kier alpha value is 0.160. The first kappa shape index (κ1) is 14.2. The zero-order chi connectivity index (χ0) is 12.0. The summed E-state index contributed by atoms with van der Waals surface area (Å²) in [5, 5.41) is 1.21. The lowest BCUT2D eigenvalue weighted by Crippen LogP contribution is -2.25. The van der Waals surface area contributed by atoms with Crippen molar-refractivity contribution in [2.75, 3.05) is 25.4 Å². The molecule has 0 unspecified atom stereocenters. The van der Waals surface area contributed by atoms with Crippen LogP contribution in [0.15, 0.2) is 15.7 Å². The number of rotatable bonds is 6.